The smallest absolute Gasteiger partial charge is 0.133 e. The fourth-order valence-electron chi connectivity index (χ4n) is 1.40. The van der Waals surface area contributed by atoms with E-state index in [2.05, 4.69) is 5.10 Å². The maximum absolute atomic E-state index is 11.4. The van der Waals surface area contributed by atoms with Gasteiger partial charge in [-0.1, -0.05) is 0 Å². The summed E-state index contributed by atoms with van der Waals surface area (Å²) < 4.78 is 1.75. The zero-order valence-corrected chi connectivity index (χ0v) is 9.44. The van der Waals surface area contributed by atoms with Crippen molar-refractivity contribution in [3.05, 3.63) is 18.0 Å². The second-order valence-electron chi connectivity index (χ2n) is 4.08. The van der Waals surface area contributed by atoms with E-state index in [9.17, 15) is 4.79 Å². The van der Waals surface area contributed by atoms with E-state index in [0.717, 1.165) is 18.4 Å². The third-order valence-electron chi connectivity index (χ3n) is 2.33. The molecule has 0 aliphatic heterocycles. The Kier molecular flexibility index (Phi) is 4.49. The van der Waals surface area contributed by atoms with Crippen molar-refractivity contribution in [2.75, 3.05) is 0 Å². The Labute approximate surface area is 90.5 Å². The number of nitrogens with zero attached hydrogens (tertiary/aromatic N) is 2. The highest BCUT2D eigenvalue weighted by molar-refractivity contribution is 5.78. The van der Waals surface area contributed by atoms with E-state index < -0.39 is 0 Å². The highest BCUT2D eigenvalue weighted by atomic mass is 16.1. The highest BCUT2D eigenvalue weighted by Gasteiger charge is 2.05. The molecule has 0 aromatic carbocycles. The van der Waals surface area contributed by atoms with Gasteiger partial charge in [0.15, 0.2) is 0 Å². The van der Waals surface area contributed by atoms with Crippen LogP contribution in [0, 0.1) is 0 Å². The maximum atomic E-state index is 11.4. The van der Waals surface area contributed by atoms with Crippen LogP contribution < -0.4 is 5.73 Å². The van der Waals surface area contributed by atoms with Crippen molar-refractivity contribution < 1.29 is 4.79 Å². The van der Waals surface area contributed by atoms with E-state index in [4.69, 9.17) is 5.73 Å². The zero-order chi connectivity index (χ0) is 11.3. The summed E-state index contributed by atoms with van der Waals surface area (Å²) in [4.78, 5) is 11.4. The minimum absolute atomic E-state index is 0.118. The van der Waals surface area contributed by atoms with Gasteiger partial charge in [0.25, 0.3) is 0 Å². The van der Waals surface area contributed by atoms with Crippen LogP contribution in [-0.4, -0.2) is 21.6 Å². The molecule has 1 rings (SSSR count). The number of nitrogens with two attached hydrogens (primary N) is 1. The molecule has 15 heavy (non-hydrogen) atoms. The van der Waals surface area contributed by atoms with E-state index in [0.29, 0.717) is 12.8 Å². The van der Waals surface area contributed by atoms with Gasteiger partial charge in [0.05, 0.1) is 6.20 Å². The molecule has 0 spiro atoms. The minimum Gasteiger partial charge on any atom is -0.328 e. The summed E-state index contributed by atoms with van der Waals surface area (Å²) in [7, 11) is 1.88. The second kappa shape index (κ2) is 5.66. The van der Waals surface area contributed by atoms with Crippen LogP contribution in [-0.2, 0) is 18.3 Å². The SMILES string of the molecule is CC(N)CCC(=O)CCc1cnn(C)c1. The molecular weight excluding hydrogens is 190 g/mol. The number of carbonyl (C=O) groups excluding carboxylic acids is 1. The lowest BCUT2D eigenvalue weighted by Gasteiger charge is -2.03. The van der Waals surface area contributed by atoms with Gasteiger partial charge in [0.2, 0.25) is 0 Å². The first-order valence-corrected chi connectivity index (χ1v) is 5.32. The van der Waals surface area contributed by atoms with E-state index in [1.54, 1.807) is 10.9 Å². The predicted octanol–water partition coefficient (Wildman–Crippen LogP) is 1.05. The van der Waals surface area contributed by atoms with E-state index in [1.807, 2.05) is 20.2 Å². The number of ketones is 1. The van der Waals surface area contributed by atoms with E-state index in [-0.39, 0.29) is 11.8 Å². The molecule has 0 saturated heterocycles. The molecule has 0 radical (unpaired) electrons. The van der Waals surface area contributed by atoms with E-state index in [1.165, 1.54) is 0 Å². The molecular formula is C11H19N3O. The first kappa shape index (κ1) is 11.9. The highest BCUT2D eigenvalue weighted by Crippen LogP contribution is 2.04. The lowest BCUT2D eigenvalue weighted by atomic mass is 10.1. The largest absolute Gasteiger partial charge is 0.328 e. The normalized spacial score (nSPS) is 12.7. The molecule has 4 nitrogen and oxygen atoms in total. The first-order valence-electron chi connectivity index (χ1n) is 5.32. The molecule has 1 heterocycles. The van der Waals surface area contributed by atoms with Gasteiger partial charge in [-0.15, -0.1) is 0 Å². The average molecular weight is 209 g/mol. The average Bonchev–Trinajstić information content (AvgIpc) is 2.58. The molecule has 1 atom stereocenters. The third-order valence-corrected chi connectivity index (χ3v) is 2.33. The quantitative estimate of drug-likeness (QED) is 0.761. The number of rotatable bonds is 6. The van der Waals surface area contributed by atoms with Crippen molar-refractivity contribution in [2.45, 2.75) is 38.6 Å². The Bertz CT molecular complexity index is 317. The van der Waals surface area contributed by atoms with Crippen molar-refractivity contribution in [3.63, 3.8) is 0 Å². The van der Waals surface area contributed by atoms with Crippen LogP contribution in [0.1, 0.15) is 31.7 Å². The number of hydrogen-bond donors (Lipinski definition) is 1. The summed E-state index contributed by atoms with van der Waals surface area (Å²) in [5.41, 5.74) is 6.70. The number of carbonyl (C=O) groups is 1. The Morgan fingerprint density at radius 1 is 1.60 bits per heavy atom. The lowest BCUT2D eigenvalue weighted by molar-refractivity contribution is -0.119. The van der Waals surface area contributed by atoms with Crippen LogP contribution in [0.5, 0.6) is 0 Å². The van der Waals surface area contributed by atoms with Crippen LogP contribution in [0.25, 0.3) is 0 Å². The predicted molar refractivity (Wildman–Crippen MR) is 59.4 cm³/mol. The zero-order valence-electron chi connectivity index (χ0n) is 9.44. The summed E-state index contributed by atoms with van der Waals surface area (Å²) in [6, 6.07) is 0.118. The number of Topliss-reactive ketones (excluding diaryl/α,β-unsaturated/α-hetero) is 1. The fraction of sp³-hybridized carbons (Fsp3) is 0.636. The molecule has 1 aromatic rings. The number of aromatic nitrogens is 2. The first-order chi connectivity index (χ1) is 7.08. The standard InChI is InChI=1S/C11H19N3O/c1-9(12)3-5-11(15)6-4-10-7-13-14(2)8-10/h7-9H,3-6,12H2,1-2H3. The third kappa shape index (κ3) is 4.74. The molecule has 2 N–H and O–H groups in total. The Morgan fingerprint density at radius 2 is 2.33 bits per heavy atom. The summed E-state index contributed by atoms with van der Waals surface area (Å²) in [5, 5.41) is 4.05. The molecule has 0 aliphatic carbocycles. The Balaban J connectivity index is 2.22. The molecule has 0 fully saturated rings. The molecule has 0 aliphatic rings. The molecule has 0 bridgehead atoms. The monoisotopic (exact) mass is 209 g/mol. The number of aryl methyl sites for hydroxylation is 2. The van der Waals surface area contributed by atoms with Crippen LogP contribution in [0.15, 0.2) is 12.4 Å². The number of hydrogen-bond acceptors (Lipinski definition) is 3. The molecule has 0 amide bonds. The lowest BCUT2D eigenvalue weighted by Crippen LogP contribution is -2.16. The Hall–Kier alpha value is -1.16. The van der Waals surface area contributed by atoms with Crippen molar-refractivity contribution in [3.8, 4) is 0 Å². The molecule has 4 heteroatoms. The van der Waals surface area contributed by atoms with Gasteiger partial charge >= 0.3 is 0 Å². The maximum Gasteiger partial charge on any atom is 0.133 e. The van der Waals surface area contributed by atoms with Gasteiger partial charge in [0, 0.05) is 32.1 Å². The molecule has 1 aromatic heterocycles. The van der Waals surface area contributed by atoms with Gasteiger partial charge < -0.3 is 5.73 Å². The van der Waals surface area contributed by atoms with Crippen LogP contribution in [0.2, 0.25) is 0 Å². The van der Waals surface area contributed by atoms with Crippen molar-refractivity contribution in [1.82, 2.24) is 9.78 Å². The molecule has 0 saturated carbocycles. The van der Waals surface area contributed by atoms with Crippen LogP contribution in [0.4, 0.5) is 0 Å². The summed E-state index contributed by atoms with van der Waals surface area (Å²) in [5.74, 6) is 0.288. The van der Waals surface area contributed by atoms with Gasteiger partial charge in [-0.2, -0.15) is 5.10 Å². The van der Waals surface area contributed by atoms with Crippen LogP contribution in [0.3, 0.4) is 0 Å². The van der Waals surface area contributed by atoms with Gasteiger partial charge in [-0.25, -0.2) is 0 Å². The topological polar surface area (TPSA) is 60.9 Å². The van der Waals surface area contributed by atoms with Crippen molar-refractivity contribution in [1.29, 1.82) is 0 Å². The fourth-order valence-corrected chi connectivity index (χ4v) is 1.40. The van der Waals surface area contributed by atoms with Gasteiger partial charge in [-0.05, 0) is 25.3 Å². The summed E-state index contributed by atoms with van der Waals surface area (Å²) in [6.07, 6.45) is 6.51. The minimum atomic E-state index is 0.118. The van der Waals surface area contributed by atoms with Crippen molar-refractivity contribution in [2.24, 2.45) is 12.8 Å². The van der Waals surface area contributed by atoms with Gasteiger partial charge in [-0.3, -0.25) is 9.48 Å². The second-order valence-corrected chi connectivity index (χ2v) is 4.08. The Morgan fingerprint density at radius 3 is 2.87 bits per heavy atom. The van der Waals surface area contributed by atoms with E-state index >= 15 is 0 Å². The van der Waals surface area contributed by atoms with Crippen LogP contribution >= 0.6 is 0 Å². The molecule has 84 valence electrons. The summed E-state index contributed by atoms with van der Waals surface area (Å²) in [6.45, 7) is 1.92. The van der Waals surface area contributed by atoms with Gasteiger partial charge in [0.1, 0.15) is 5.78 Å². The van der Waals surface area contributed by atoms with Crippen molar-refractivity contribution >= 4 is 5.78 Å². The molecule has 1 unspecified atom stereocenters. The summed E-state index contributed by atoms with van der Waals surface area (Å²) >= 11 is 0.